The van der Waals surface area contributed by atoms with Crippen molar-refractivity contribution in [2.24, 2.45) is 0 Å². The fraction of sp³-hybridized carbons (Fsp3) is 0.417. The normalized spacial score (nSPS) is 20.4. The number of halogens is 2. The molecule has 1 aliphatic rings. The summed E-state index contributed by atoms with van der Waals surface area (Å²) in [6.45, 7) is 4.41. The maximum Gasteiger partial charge on any atom is 0.254 e. The van der Waals surface area contributed by atoms with Crippen LogP contribution in [0.15, 0.2) is 22.7 Å². The Bertz CT molecular complexity index is 439. The van der Waals surface area contributed by atoms with Crippen molar-refractivity contribution in [3.63, 3.8) is 0 Å². The number of nitrogens with zero attached hydrogens (tertiary/aromatic N) is 1. The molecular formula is C12H14BrClN2O. The van der Waals surface area contributed by atoms with Crippen LogP contribution in [-0.2, 0) is 0 Å². The quantitative estimate of drug-likeness (QED) is 0.863. The predicted octanol–water partition coefficient (Wildman–Crippen LogP) is 2.54. The first-order chi connectivity index (χ1) is 8.08. The minimum Gasteiger partial charge on any atom is -0.336 e. The summed E-state index contributed by atoms with van der Waals surface area (Å²) in [5, 5.41) is 3.88. The lowest BCUT2D eigenvalue weighted by Gasteiger charge is -2.32. The highest BCUT2D eigenvalue weighted by molar-refractivity contribution is 9.10. The van der Waals surface area contributed by atoms with Gasteiger partial charge in [-0.05, 0) is 41.1 Å². The average molecular weight is 318 g/mol. The van der Waals surface area contributed by atoms with Crippen molar-refractivity contribution in [2.75, 3.05) is 19.6 Å². The standard InChI is InChI=1S/C12H14BrClN2O/c1-8-7-16(5-4-15-8)12(17)9-2-3-10(13)11(14)6-9/h2-3,6,8,15H,4-5,7H2,1H3. The molecule has 1 fully saturated rings. The summed E-state index contributed by atoms with van der Waals surface area (Å²) >= 11 is 9.31. The summed E-state index contributed by atoms with van der Waals surface area (Å²) in [4.78, 5) is 14.1. The van der Waals surface area contributed by atoms with Gasteiger partial charge in [-0.3, -0.25) is 4.79 Å². The van der Waals surface area contributed by atoms with E-state index in [2.05, 4.69) is 28.2 Å². The molecule has 5 heteroatoms. The van der Waals surface area contributed by atoms with Crippen LogP contribution in [0.1, 0.15) is 17.3 Å². The summed E-state index contributed by atoms with van der Waals surface area (Å²) in [5.74, 6) is 0.0488. The number of hydrogen-bond donors (Lipinski definition) is 1. The first-order valence-corrected chi connectivity index (χ1v) is 6.72. The molecule has 1 saturated heterocycles. The fourth-order valence-electron chi connectivity index (χ4n) is 1.93. The summed E-state index contributed by atoms with van der Waals surface area (Å²) in [5.41, 5.74) is 0.646. The Morgan fingerprint density at radius 2 is 2.35 bits per heavy atom. The number of hydrogen-bond acceptors (Lipinski definition) is 2. The Hall–Kier alpha value is -0.580. The third-order valence-electron chi connectivity index (χ3n) is 2.82. The lowest BCUT2D eigenvalue weighted by Crippen LogP contribution is -2.51. The van der Waals surface area contributed by atoms with Crippen LogP contribution in [0.3, 0.4) is 0 Å². The number of carbonyl (C=O) groups is 1. The van der Waals surface area contributed by atoms with Crippen LogP contribution in [0.4, 0.5) is 0 Å². The minimum absolute atomic E-state index is 0.0488. The number of amides is 1. The molecule has 0 radical (unpaired) electrons. The zero-order valence-electron chi connectivity index (χ0n) is 9.54. The summed E-state index contributed by atoms with van der Waals surface area (Å²) in [6, 6.07) is 5.66. The number of nitrogens with one attached hydrogen (secondary N) is 1. The Labute approximate surface area is 114 Å². The van der Waals surface area contributed by atoms with E-state index >= 15 is 0 Å². The maximum atomic E-state index is 12.2. The molecule has 0 bridgehead atoms. The van der Waals surface area contributed by atoms with E-state index < -0.39 is 0 Å². The van der Waals surface area contributed by atoms with E-state index in [1.807, 2.05) is 4.90 Å². The Balaban J connectivity index is 2.15. The van der Waals surface area contributed by atoms with Crippen LogP contribution in [0.5, 0.6) is 0 Å². The number of benzene rings is 1. The third kappa shape index (κ3) is 3.00. The van der Waals surface area contributed by atoms with Crippen molar-refractivity contribution in [3.05, 3.63) is 33.3 Å². The molecule has 1 heterocycles. The van der Waals surface area contributed by atoms with Gasteiger partial charge in [0, 0.05) is 35.7 Å². The monoisotopic (exact) mass is 316 g/mol. The molecule has 1 atom stereocenters. The van der Waals surface area contributed by atoms with E-state index in [1.54, 1.807) is 18.2 Å². The van der Waals surface area contributed by atoms with Gasteiger partial charge in [-0.1, -0.05) is 11.6 Å². The summed E-state index contributed by atoms with van der Waals surface area (Å²) < 4.78 is 0.810. The number of rotatable bonds is 1. The Morgan fingerprint density at radius 1 is 1.59 bits per heavy atom. The number of piperazine rings is 1. The fourth-order valence-corrected chi connectivity index (χ4v) is 2.36. The van der Waals surface area contributed by atoms with Crippen molar-refractivity contribution in [1.82, 2.24) is 10.2 Å². The van der Waals surface area contributed by atoms with Crippen molar-refractivity contribution in [2.45, 2.75) is 13.0 Å². The molecule has 1 unspecified atom stereocenters. The van der Waals surface area contributed by atoms with Crippen LogP contribution in [-0.4, -0.2) is 36.5 Å². The van der Waals surface area contributed by atoms with Gasteiger partial charge in [0.25, 0.3) is 5.91 Å². The smallest absolute Gasteiger partial charge is 0.254 e. The first kappa shape index (κ1) is 12.9. The maximum absolute atomic E-state index is 12.2. The topological polar surface area (TPSA) is 32.3 Å². The highest BCUT2D eigenvalue weighted by atomic mass is 79.9. The second kappa shape index (κ2) is 5.38. The van der Waals surface area contributed by atoms with Gasteiger partial charge >= 0.3 is 0 Å². The van der Waals surface area contributed by atoms with Gasteiger partial charge in [0.15, 0.2) is 0 Å². The minimum atomic E-state index is 0.0488. The van der Waals surface area contributed by atoms with Gasteiger partial charge in [-0.25, -0.2) is 0 Å². The molecule has 0 aromatic heterocycles. The van der Waals surface area contributed by atoms with Crippen molar-refractivity contribution < 1.29 is 4.79 Å². The SMILES string of the molecule is CC1CN(C(=O)c2ccc(Br)c(Cl)c2)CCN1. The van der Waals surface area contributed by atoms with Crippen LogP contribution in [0.25, 0.3) is 0 Å². The third-order valence-corrected chi connectivity index (χ3v) is 4.06. The molecule has 1 aromatic carbocycles. The highest BCUT2D eigenvalue weighted by Crippen LogP contribution is 2.24. The van der Waals surface area contributed by atoms with Gasteiger partial charge in [-0.2, -0.15) is 0 Å². The van der Waals surface area contributed by atoms with E-state index in [1.165, 1.54) is 0 Å². The molecule has 1 amide bonds. The molecule has 1 aromatic rings. The van der Waals surface area contributed by atoms with Crippen LogP contribution < -0.4 is 5.32 Å². The molecule has 0 spiro atoms. The molecule has 92 valence electrons. The molecule has 2 rings (SSSR count). The van der Waals surface area contributed by atoms with Crippen LogP contribution >= 0.6 is 27.5 Å². The van der Waals surface area contributed by atoms with Crippen molar-refractivity contribution in [3.8, 4) is 0 Å². The molecule has 0 saturated carbocycles. The molecular weight excluding hydrogens is 304 g/mol. The lowest BCUT2D eigenvalue weighted by atomic mass is 10.1. The largest absolute Gasteiger partial charge is 0.336 e. The van der Waals surface area contributed by atoms with Crippen molar-refractivity contribution >= 4 is 33.4 Å². The van der Waals surface area contributed by atoms with E-state index in [9.17, 15) is 4.79 Å². The molecule has 1 aliphatic heterocycles. The van der Waals surface area contributed by atoms with E-state index in [4.69, 9.17) is 11.6 Å². The lowest BCUT2D eigenvalue weighted by molar-refractivity contribution is 0.0709. The molecule has 1 N–H and O–H groups in total. The van der Waals surface area contributed by atoms with Gasteiger partial charge in [-0.15, -0.1) is 0 Å². The zero-order valence-corrected chi connectivity index (χ0v) is 11.9. The number of carbonyl (C=O) groups excluding carboxylic acids is 1. The summed E-state index contributed by atoms with van der Waals surface area (Å²) in [7, 11) is 0. The highest BCUT2D eigenvalue weighted by Gasteiger charge is 2.21. The van der Waals surface area contributed by atoms with E-state index in [-0.39, 0.29) is 5.91 Å². The van der Waals surface area contributed by atoms with Gasteiger partial charge in [0.1, 0.15) is 0 Å². The molecule has 17 heavy (non-hydrogen) atoms. The van der Waals surface area contributed by atoms with Gasteiger partial charge in [0.05, 0.1) is 5.02 Å². The Kier molecular flexibility index (Phi) is 4.07. The van der Waals surface area contributed by atoms with E-state index in [0.29, 0.717) is 16.6 Å². The summed E-state index contributed by atoms with van der Waals surface area (Å²) in [6.07, 6.45) is 0. The van der Waals surface area contributed by atoms with E-state index in [0.717, 1.165) is 24.1 Å². The van der Waals surface area contributed by atoms with Gasteiger partial charge in [0.2, 0.25) is 0 Å². The van der Waals surface area contributed by atoms with Gasteiger partial charge < -0.3 is 10.2 Å². The average Bonchev–Trinajstić information content (AvgIpc) is 2.32. The predicted molar refractivity (Wildman–Crippen MR) is 72.5 cm³/mol. The second-order valence-electron chi connectivity index (χ2n) is 4.24. The zero-order chi connectivity index (χ0) is 12.4. The second-order valence-corrected chi connectivity index (χ2v) is 5.50. The molecule has 3 nitrogen and oxygen atoms in total. The van der Waals surface area contributed by atoms with Crippen LogP contribution in [0.2, 0.25) is 5.02 Å². The first-order valence-electron chi connectivity index (χ1n) is 5.55. The molecule has 0 aliphatic carbocycles. The van der Waals surface area contributed by atoms with Crippen LogP contribution in [0, 0.1) is 0 Å². The van der Waals surface area contributed by atoms with Crippen molar-refractivity contribution in [1.29, 1.82) is 0 Å². The Morgan fingerprint density at radius 3 is 3.00 bits per heavy atom.